The van der Waals surface area contributed by atoms with Crippen LogP contribution in [0.25, 0.3) is 0 Å². The Labute approximate surface area is 86.1 Å². The summed E-state index contributed by atoms with van der Waals surface area (Å²) in [6.07, 6.45) is 1.01. The molecule has 1 rings (SSSR count). The Morgan fingerprint density at radius 1 is 1.36 bits per heavy atom. The molecule has 78 valence electrons. The molecule has 1 unspecified atom stereocenters. The zero-order valence-electron chi connectivity index (χ0n) is 8.99. The van der Waals surface area contributed by atoms with E-state index in [0.29, 0.717) is 12.5 Å². The van der Waals surface area contributed by atoms with Gasteiger partial charge in [-0.2, -0.15) is 0 Å². The van der Waals surface area contributed by atoms with Gasteiger partial charge in [0.1, 0.15) is 0 Å². The monoisotopic (exact) mass is 193 g/mol. The summed E-state index contributed by atoms with van der Waals surface area (Å²) < 4.78 is 5.13. The van der Waals surface area contributed by atoms with Crippen molar-refractivity contribution in [3.63, 3.8) is 0 Å². The zero-order valence-corrected chi connectivity index (χ0v) is 8.99. The summed E-state index contributed by atoms with van der Waals surface area (Å²) in [6.45, 7) is 3.56. The molecule has 0 aromatic heterocycles. The van der Waals surface area contributed by atoms with E-state index < -0.39 is 0 Å². The van der Waals surface area contributed by atoms with Crippen molar-refractivity contribution in [1.82, 2.24) is 0 Å². The summed E-state index contributed by atoms with van der Waals surface area (Å²) in [6, 6.07) is 8.43. The van der Waals surface area contributed by atoms with Crippen molar-refractivity contribution in [2.24, 2.45) is 11.7 Å². The van der Waals surface area contributed by atoms with Crippen LogP contribution < -0.4 is 5.73 Å². The molecule has 2 heteroatoms. The summed E-state index contributed by atoms with van der Waals surface area (Å²) in [5, 5.41) is 0. The molecule has 1 aromatic carbocycles. The highest BCUT2D eigenvalue weighted by molar-refractivity contribution is 5.25. The van der Waals surface area contributed by atoms with Crippen molar-refractivity contribution >= 4 is 0 Å². The highest BCUT2D eigenvalue weighted by Crippen LogP contribution is 2.12. The zero-order chi connectivity index (χ0) is 10.4. The molecule has 0 aliphatic heterocycles. The number of ether oxygens (including phenoxy) is 1. The van der Waals surface area contributed by atoms with Crippen molar-refractivity contribution in [2.75, 3.05) is 20.3 Å². The molecule has 0 saturated carbocycles. The number of aryl methyl sites for hydroxylation is 1. The van der Waals surface area contributed by atoms with Crippen LogP contribution >= 0.6 is 0 Å². The molecule has 0 heterocycles. The van der Waals surface area contributed by atoms with Gasteiger partial charge in [-0.25, -0.2) is 0 Å². The quantitative estimate of drug-likeness (QED) is 0.773. The molecule has 14 heavy (non-hydrogen) atoms. The van der Waals surface area contributed by atoms with Crippen molar-refractivity contribution < 1.29 is 4.74 Å². The number of hydrogen-bond acceptors (Lipinski definition) is 2. The second-order valence-electron chi connectivity index (χ2n) is 3.69. The standard InChI is InChI=1S/C12H19NO/c1-10-5-3-4-6-12(10)7-11(8-13)9-14-2/h3-6,11H,7-9,13H2,1-2H3. The first kappa shape index (κ1) is 11.2. The molecular weight excluding hydrogens is 174 g/mol. The molecule has 0 aliphatic rings. The van der Waals surface area contributed by atoms with Gasteiger partial charge in [-0.3, -0.25) is 0 Å². The van der Waals surface area contributed by atoms with Gasteiger partial charge < -0.3 is 10.5 Å². The lowest BCUT2D eigenvalue weighted by atomic mass is 9.97. The third-order valence-corrected chi connectivity index (χ3v) is 2.51. The van der Waals surface area contributed by atoms with Gasteiger partial charge in [0.25, 0.3) is 0 Å². The minimum absolute atomic E-state index is 0.432. The SMILES string of the molecule is COCC(CN)Cc1ccccc1C. The lowest BCUT2D eigenvalue weighted by molar-refractivity contribution is 0.155. The van der Waals surface area contributed by atoms with Crippen LogP contribution in [-0.2, 0) is 11.2 Å². The maximum absolute atomic E-state index is 5.68. The van der Waals surface area contributed by atoms with Gasteiger partial charge in [0, 0.05) is 7.11 Å². The Kier molecular flexibility index (Phi) is 4.63. The molecule has 0 fully saturated rings. The fourth-order valence-electron chi connectivity index (χ4n) is 1.60. The van der Waals surface area contributed by atoms with Crippen molar-refractivity contribution in [2.45, 2.75) is 13.3 Å². The Bertz CT molecular complexity index is 273. The lowest BCUT2D eigenvalue weighted by Gasteiger charge is -2.14. The minimum Gasteiger partial charge on any atom is -0.384 e. The highest BCUT2D eigenvalue weighted by Gasteiger charge is 2.08. The van der Waals surface area contributed by atoms with Gasteiger partial charge in [-0.1, -0.05) is 24.3 Å². The molecular formula is C12H19NO. The highest BCUT2D eigenvalue weighted by atomic mass is 16.5. The number of methoxy groups -OCH3 is 1. The van der Waals surface area contributed by atoms with Crippen molar-refractivity contribution in [3.8, 4) is 0 Å². The molecule has 0 spiro atoms. The van der Waals surface area contributed by atoms with E-state index in [1.807, 2.05) is 0 Å². The van der Waals surface area contributed by atoms with Crippen LogP contribution in [0.2, 0.25) is 0 Å². The van der Waals surface area contributed by atoms with Crippen LogP contribution in [0.1, 0.15) is 11.1 Å². The third kappa shape index (κ3) is 3.13. The topological polar surface area (TPSA) is 35.2 Å². The molecule has 0 saturated heterocycles. The lowest BCUT2D eigenvalue weighted by Crippen LogP contribution is -2.21. The second kappa shape index (κ2) is 5.78. The maximum Gasteiger partial charge on any atom is 0.0505 e. The van der Waals surface area contributed by atoms with E-state index in [1.54, 1.807) is 7.11 Å². The van der Waals surface area contributed by atoms with Gasteiger partial charge in [0.05, 0.1) is 6.61 Å². The van der Waals surface area contributed by atoms with E-state index in [4.69, 9.17) is 10.5 Å². The van der Waals surface area contributed by atoms with Crippen LogP contribution in [0.4, 0.5) is 0 Å². The van der Waals surface area contributed by atoms with Gasteiger partial charge >= 0.3 is 0 Å². The molecule has 0 aliphatic carbocycles. The van der Waals surface area contributed by atoms with Crippen LogP contribution in [0.3, 0.4) is 0 Å². The van der Waals surface area contributed by atoms with Crippen molar-refractivity contribution in [3.05, 3.63) is 35.4 Å². The summed E-state index contributed by atoms with van der Waals surface area (Å²) in [5.41, 5.74) is 8.39. The first-order chi connectivity index (χ1) is 6.77. The van der Waals surface area contributed by atoms with E-state index in [2.05, 4.69) is 31.2 Å². The molecule has 0 amide bonds. The Morgan fingerprint density at radius 3 is 2.64 bits per heavy atom. The summed E-state index contributed by atoms with van der Waals surface area (Å²) in [7, 11) is 1.72. The van der Waals surface area contributed by atoms with Crippen molar-refractivity contribution in [1.29, 1.82) is 0 Å². The van der Waals surface area contributed by atoms with E-state index in [1.165, 1.54) is 11.1 Å². The second-order valence-corrected chi connectivity index (χ2v) is 3.69. The predicted octanol–water partition coefficient (Wildman–Crippen LogP) is 1.76. The number of nitrogens with two attached hydrogens (primary N) is 1. The number of hydrogen-bond donors (Lipinski definition) is 1. The molecule has 2 nitrogen and oxygen atoms in total. The summed E-state index contributed by atoms with van der Waals surface area (Å²) in [5.74, 6) is 0.432. The van der Waals surface area contributed by atoms with Crippen LogP contribution in [0.5, 0.6) is 0 Å². The predicted molar refractivity (Wildman–Crippen MR) is 59.3 cm³/mol. The van der Waals surface area contributed by atoms with Crippen LogP contribution in [0.15, 0.2) is 24.3 Å². The molecule has 0 radical (unpaired) electrons. The molecule has 2 N–H and O–H groups in total. The Morgan fingerprint density at radius 2 is 2.07 bits per heavy atom. The Hall–Kier alpha value is -0.860. The first-order valence-electron chi connectivity index (χ1n) is 5.01. The smallest absolute Gasteiger partial charge is 0.0505 e. The molecule has 1 aromatic rings. The maximum atomic E-state index is 5.68. The van der Waals surface area contributed by atoms with E-state index in [9.17, 15) is 0 Å². The first-order valence-corrected chi connectivity index (χ1v) is 5.01. The average Bonchev–Trinajstić information content (AvgIpc) is 2.20. The third-order valence-electron chi connectivity index (χ3n) is 2.51. The summed E-state index contributed by atoms with van der Waals surface area (Å²) in [4.78, 5) is 0. The normalized spacial score (nSPS) is 12.8. The average molecular weight is 193 g/mol. The van der Waals surface area contributed by atoms with Gasteiger partial charge in [0.15, 0.2) is 0 Å². The van der Waals surface area contributed by atoms with Gasteiger partial charge in [-0.15, -0.1) is 0 Å². The van der Waals surface area contributed by atoms with E-state index >= 15 is 0 Å². The van der Waals surface area contributed by atoms with Gasteiger partial charge in [-0.05, 0) is 36.9 Å². The summed E-state index contributed by atoms with van der Waals surface area (Å²) >= 11 is 0. The molecule has 0 bridgehead atoms. The number of rotatable bonds is 5. The minimum atomic E-state index is 0.432. The molecule has 1 atom stereocenters. The van der Waals surface area contributed by atoms with Crippen LogP contribution in [0, 0.1) is 12.8 Å². The van der Waals surface area contributed by atoms with E-state index in [0.717, 1.165) is 13.0 Å². The van der Waals surface area contributed by atoms with Crippen LogP contribution in [-0.4, -0.2) is 20.3 Å². The van der Waals surface area contributed by atoms with Gasteiger partial charge in [0.2, 0.25) is 0 Å². The Balaban J connectivity index is 2.62. The van der Waals surface area contributed by atoms with E-state index in [-0.39, 0.29) is 0 Å². The fourth-order valence-corrected chi connectivity index (χ4v) is 1.60. The fraction of sp³-hybridized carbons (Fsp3) is 0.500. The number of benzene rings is 1. The largest absolute Gasteiger partial charge is 0.384 e.